The van der Waals surface area contributed by atoms with E-state index in [9.17, 15) is 0 Å². The molecule has 1 aliphatic rings. The van der Waals surface area contributed by atoms with Gasteiger partial charge < -0.3 is 5.32 Å². The van der Waals surface area contributed by atoms with Gasteiger partial charge in [0.1, 0.15) is 0 Å². The minimum absolute atomic E-state index is 0.371. The molecule has 0 saturated heterocycles. The lowest BCUT2D eigenvalue weighted by Crippen LogP contribution is -2.33. The Morgan fingerprint density at radius 3 is 2.79 bits per heavy atom. The van der Waals surface area contributed by atoms with Crippen molar-refractivity contribution in [2.24, 2.45) is 17.8 Å². The van der Waals surface area contributed by atoms with E-state index in [2.05, 4.69) is 37.1 Å². The summed E-state index contributed by atoms with van der Waals surface area (Å²) in [5.41, 5.74) is 1.21. The second-order valence-electron chi connectivity index (χ2n) is 5.96. The Labute approximate surface area is 122 Å². The standard InChI is InChI=1S/C16H25ClN2/c1-4-19-16(14-7-8-18-10-15(14)17)13-6-5-11(2)12(3)9-13/h7-8,10-13,16,19H,4-6,9H2,1-3H3. The number of halogens is 1. The largest absolute Gasteiger partial charge is 0.310 e. The molecule has 4 unspecified atom stereocenters. The van der Waals surface area contributed by atoms with Gasteiger partial charge >= 0.3 is 0 Å². The Balaban J connectivity index is 2.19. The molecule has 0 aliphatic heterocycles. The van der Waals surface area contributed by atoms with Gasteiger partial charge in [-0.25, -0.2) is 0 Å². The van der Waals surface area contributed by atoms with Crippen LogP contribution in [0.25, 0.3) is 0 Å². The Kier molecular flexibility index (Phi) is 5.23. The topological polar surface area (TPSA) is 24.9 Å². The Morgan fingerprint density at radius 2 is 2.16 bits per heavy atom. The fourth-order valence-electron chi connectivity index (χ4n) is 3.28. The van der Waals surface area contributed by atoms with Gasteiger partial charge in [-0.2, -0.15) is 0 Å². The monoisotopic (exact) mass is 280 g/mol. The summed E-state index contributed by atoms with van der Waals surface area (Å²) in [5, 5.41) is 4.42. The molecule has 1 fully saturated rings. The van der Waals surface area contributed by atoms with Crippen LogP contribution < -0.4 is 5.32 Å². The SMILES string of the molecule is CCNC(c1ccncc1Cl)C1CCC(C)C(C)C1. The molecule has 1 aromatic rings. The fraction of sp³-hybridized carbons (Fsp3) is 0.688. The first-order chi connectivity index (χ1) is 9.13. The van der Waals surface area contributed by atoms with Gasteiger partial charge in [0.15, 0.2) is 0 Å². The zero-order valence-electron chi connectivity index (χ0n) is 12.2. The summed E-state index contributed by atoms with van der Waals surface area (Å²) in [6.07, 6.45) is 7.52. The van der Waals surface area contributed by atoms with Crippen LogP contribution in [0.5, 0.6) is 0 Å². The Hall–Kier alpha value is -0.600. The van der Waals surface area contributed by atoms with E-state index in [0.717, 1.165) is 23.4 Å². The highest BCUT2D eigenvalue weighted by atomic mass is 35.5. The Morgan fingerprint density at radius 1 is 1.37 bits per heavy atom. The van der Waals surface area contributed by atoms with Gasteiger partial charge in [-0.15, -0.1) is 0 Å². The lowest BCUT2D eigenvalue weighted by molar-refractivity contribution is 0.172. The van der Waals surface area contributed by atoms with Gasteiger partial charge in [-0.1, -0.05) is 38.8 Å². The number of rotatable bonds is 4. The van der Waals surface area contributed by atoms with E-state index in [-0.39, 0.29) is 0 Å². The van der Waals surface area contributed by atoms with Gasteiger partial charge in [0.05, 0.1) is 5.02 Å². The molecule has 1 heterocycles. The molecule has 106 valence electrons. The molecule has 4 atom stereocenters. The molecule has 2 rings (SSSR count). The molecule has 0 amide bonds. The zero-order chi connectivity index (χ0) is 13.8. The molecular formula is C16H25ClN2. The highest BCUT2D eigenvalue weighted by molar-refractivity contribution is 6.31. The summed E-state index contributed by atoms with van der Waals surface area (Å²) in [7, 11) is 0. The lowest BCUT2D eigenvalue weighted by atomic mass is 9.72. The first-order valence-corrected chi connectivity index (χ1v) is 7.84. The minimum Gasteiger partial charge on any atom is -0.310 e. The quantitative estimate of drug-likeness (QED) is 0.881. The first-order valence-electron chi connectivity index (χ1n) is 7.46. The van der Waals surface area contributed by atoms with Crippen molar-refractivity contribution in [1.82, 2.24) is 10.3 Å². The lowest BCUT2D eigenvalue weighted by Gasteiger charge is -2.37. The molecule has 3 heteroatoms. The maximum absolute atomic E-state index is 6.34. The summed E-state index contributed by atoms with van der Waals surface area (Å²) in [6, 6.07) is 2.44. The van der Waals surface area contributed by atoms with Gasteiger partial charge in [-0.05, 0) is 48.8 Å². The van der Waals surface area contributed by atoms with Crippen molar-refractivity contribution in [3.63, 3.8) is 0 Å². The molecule has 19 heavy (non-hydrogen) atoms. The second-order valence-corrected chi connectivity index (χ2v) is 6.37. The third-order valence-electron chi connectivity index (χ3n) is 4.67. The third-order valence-corrected chi connectivity index (χ3v) is 4.99. The van der Waals surface area contributed by atoms with E-state index in [1.165, 1.54) is 24.8 Å². The third kappa shape index (κ3) is 3.49. The number of nitrogens with one attached hydrogen (secondary N) is 1. The molecule has 1 saturated carbocycles. The van der Waals surface area contributed by atoms with Gasteiger partial charge in [0.2, 0.25) is 0 Å². The van der Waals surface area contributed by atoms with Crippen molar-refractivity contribution in [1.29, 1.82) is 0 Å². The number of aromatic nitrogens is 1. The summed E-state index contributed by atoms with van der Waals surface area (Å²) >= 11 is 6.34. The number of hydrogen-bond acceptors (Lipinski definition) is 2. The summed E-state index contributed by atoms with van der Waals surface area (Å²) in [6.45, 7) is 7.90. The van der Waals surface area contributed by atoms with E-state index in [1.54, 1.807) is 6.20 Å². The number of nitrogens with zero attached hydrogens (tertiary/aromatic N) is 1. The molecule has 1 aromatic heterocycles. The maximum atomic E-state index is 6.34. The van der Waals surface area contributed by atoms with Crippen molar-refractivity contribution in [3.05, 3.63) is 29.0 Å². The van der Waals surface area contributed by atoms with Crippen LogP contribution in [0.2, 0.25) is 5.02 Å². The normalized spacial score (nSPS) is 29.2. The predicted molar refractivity (Wildman–Crippen MR) is 81.3 cm³/mol. The first kappa shape index (κ1) is 14.8. The van der Waals surface area contributed by atoms with Crippen molar-refractivity contribution < 1.29 is 0 Å². The van der Waals surface area contributed by atoms with Gasteiger partial charge in [0, 0.05) is 18.4 Å². The summed E-state index contributed by atoms with van der Waals surface area (Å²) in [5.74, 6) is 2.35. The van der Waals surface area contributed by atoms with E-state index in [4.69, 9.17) is 11.6 Å². The molecule has 0 bridgehead atoms. The molecule has 1 aliphatic carbocycles. The molecular weight excluding hydrogens is 256 g/mol. The van der Waals surface area contributed by atoms with Crippen LogP contribution in [0.3, 0.4) is 0 Å². The van der Waals surface area contributed by atoms with Crippen LogP contribution in [0.1, 0.15) is 51.6 Å². The van der Waals surface area contributed by atoms with Crippen molar-refractivity contribution >= 4 is 11.6 Å². The number of hydrogen-bond donors (Lipinski definition) is 1. The van der Waals surface area contributed by atoms with Crippen molar-refractivity contribution in [2.75, 3.05) is 6.54 Å². The molecule has 1 N–H and O–H groups in total. The van der Waals surface area contributed by atoms with Crippen LogP contribution in [-0.2, 0) is 0 Å². The number of pyridine rings is 1. The highest BCUT2D eigenvalue weighted by Gasteiger charge is 2.31. The highest BCUT2D eigenvalue weighted by Crippen LogP contribution is 2.41. The van der Waals surface area contributed by atoms with E-state index >= 15 is 0 Å². The molecule has 2 nitrogen and oxygen atoms in total. The van der Waals surface area contributed by atoms with Crippen molar-refractivity contribution in [3.8, 4) is 0 Å². The van der Waals surface area contributed by atoms with Crippen molar-refractivity contribution in [2.45, 2.75) is 46.1 Å². The summed E-state index contributed by atoms with van der Waals surface area (Å²) < 4.78 is 0. The Bertz CT molecular complexity index is 407. The second kappa shape index (κ2) is 6.71. The fourth-order valence-corrected chi connectivity index (χ4v) is 3.52. The summed E-state index contributed by atoms with van der Waals surface area (Å²) in [4.78, 5) is 4.10. The van der Waals surface area contributed by atoms with Crippen LogP contribution in [-0.4, -0.2) is 11.5 Å². The van der Waals surface area contributed by atoms with Gasteiger partial charge in [-0.3, -0.25) is 4.98 Å². The van der Waals surface area contributed by atoms with Crippen LogP contribution in [0, 0.1) is 17.8 Å². The van der Waals surface area contributed by atoms with Crippen LogP contribution in [0.4, 0.5) is 0 Å². The minimum atomic E-state index is 0.371. The smallest absolute Gasteiger partial charge is 0.0637 e. The molecule has 0 spiro atoms. The average molecular weight is 281 g/mol. The van der Waals surface area contributed by atoms with E-state index in [1.807, 2.05) is 6.20 Å². The predicted octanol–water partition coefficient (Wildman–Crippen LogP) is 4.46. The zero-order valence-corrected chi connectivity index (χ0v) is 13.0. The average Bonchev–Trinajstić information content (AvgIpc) is 2.40. The van der Waals surface area contributed by atoms with E-state index in [0.29, 0.717) is 12.0 Å². The van der Waals surface area contributed by atoms with Crippen LogP contribution >= 0.6 is 11.6 Å². The molecule has 0 radical (unpaired) electrons. The van der Waals surface area contributed by atoms with Crippen LogP contribution in [0.15, 0.2) is 18.5 Å². The van der Waals surface area contributed by atoms with E-state index < -0.39 is 0 Å². The maximum Gasteiger partial charge on any atom is 0.0637 e. The van der Waals surface area contributed by atoms with Gasteiger partial charge in [0.25, 0.3) is 0 Å². The molecule has 0 aromatic carbocycles.